The van der Waals surface area contributed by atoms with Gasteiger partial charge in [-0.2, -0.15) is 0 Å². The zero-order valence-electron chi connectivity index (χ0n) is 11.4. The lowest BCUT2D eigenvalue weighted by atomic mass is 10.1. The molecule has 0 aromatic carbocycles. The third-order valence-corrected chi connectivity index (χ3v) is 5.26. The number of hydrogen-bond acceptors (Lipinski definition) is 4. The number of carboxylic acid groups (broad SMARTS) is 1. The predicted octanol–water partition coefficient (Wildman–Crippen LogP) is 2.14. The molecule has 0 aliphatic heterocycles. The standard InChI is InChI=1S/C13H19NO5S/c1-9-12(8-11(19-9)13(15)16)20(17,18)14-7-6-10-4-2-3-5-10/h8,10,14H,2-7H2,1H3,(H,15,16). The molecule has 112 valence electrons. The molecule has 0 spiro atoms. The summed E-state index contributed by atoms with van der Waals surface area (Å²) in [6, 6.07) is 1.05. The smallest absolute Gasteiger partial charge is 0.371 e. The number of furan rings is 1. The van der Waals surface area contributed by atoms with Crippen LogP contribution in [0.25, 0.3) is 0 Å². The first-order chi connectivity index (χ1) is 9.40. The first-order valence-electron chi connectivity index (χ1n) is 6.73. The Kier molecular flexibility index (Phi) is 4.49. The van der Waals surface area contributed by atoms with Crippen LogP contribution in [0.5, 0.6) is 0 Å². The monoisotopic (exact) mass is 301 g/mol. The molecule has 1 fully saturated rings. The number of sulfonamides is 1. The summed E-state index contributed by atoms with van der Waals surface area (Å²) in [6.07, 6.45) is 5.59. The summed E-state index contributed by atoms with van der Waals surface area (Å²) < 4.78 is 31.6. The fourth-order valence-electron chi connectivity index (χ4n) is 2.61. The summed E-state index contributed by atoms with van der Waals surface area (Å²) >= 11 is 0. The van der Waals surface area contributed by atoms with Gasteiger partial charge in [-0.15, -0.1) is 0 Å². The number of aryl methyl sites for hydroxylation is 1. The molecule has 1 saturated carbocycles. The van der Waals surface area contributed by atoms with E-state index in [1.54, 1.807) is 0 Å². The maximum Gasteiger partial charge on any atom is 0.371 e. The molecule has 0 saturated heterocycles. The van der Waals surface area contributed by atoms with E-state index in [9.17, 15) is 13.2 Å². The van der Waals surface area contributed by atoms with Crippen LogP contribution in [0.4, 0.5) is 0 Å². The number of hydrogen-bond donors (Lipinski definition) is 2. The minimum atomic E-state index is -3.70. The van der Waals surface area contributed by atoms with E-state index in [0.717, 1.165) is 25.3 Å². The second-order valence-corrected chi connectivity index (χ2v) is 6.91. The number of nitrogens with one attached hydrogen (secondary N) is 1. The highest BCUT2D eigenvalue weighted by molar-refractivity contribution is 7.89. The van der Waals surface area contributed by atoms with Crippen molar-refractivity contribution in [1.82, 2.24) is 4.72 Å². The van der Waals surface area contributed by atoms with Gasteiger partial charge in [-0.3, -0.25) is 0 Å². The normalized spacial score (nSPS) is 16.6. The van der Waals surface area contributed by atoms with E-state index in [1.165, 1.54) is 19.8 Å². The second kappa shape index (κ2) is 5.97. The van der Waals surface area contributed by atoms with E-state index in [2.05, 4.69) is 4.72 Å². The van der Waals surface area contributed by atoms with E-state index < -0.39 is 16.0 Å². The Morgan fingerprint density at radius 2 is 2.10 bits per heavy atom. The minimum absolute atomic E-state index is 0.0933. The van der Waals surface area contributed by atoms with Crippen molar-refractivity contribution in [2.75, 3.05) is 6.54 Å². The second-order valence-electron chi connectivity index (χ2n) is 5.17. The molecule has 6 nitrogen and oxygen atoms in total. The fourth-order valence-corrected chi connectivity index (χ4v) is 3.84. The summed E-state index contributed by atoms with van der Waals surface area (Å²) in [6.45, 7) is 1.82. The van der Waals surface area contributed by atoms with Crippen molar-refractivity contribution in [3.05, 3.63) is 17.6 Å². The molecule has 1 heterocycles. The molecule has 1 aliphatic rings. The van der Waals surface area contributed by atoms with Crippen LogP contribution in [0.2, 0.25) is 0 Å². The number of rotatable bonds is 6. The molecular formula is C13H19NO5S. The summed E-state index contributed by atoms with van der Waals surface area (Å²) in [5.74, 6) is -0.951. The zero-order chi connectivity index (χ0) is 14.8. The predicted molar refractivity (Wildman–Crippen MR) is 72.2 cm³/mol. The van der Waals surface area contributed by atoms with Crippen LogP contribution in [0, 0.1) is 12.8 Å². The van der Waals surface area contributed by atoms with E-state index in [4.69, 9.17) is 9.52 Å². The third kappa shape index (κ3) is 3.40. The van der Waals surface area contributed by atoms with E-state index >= 15 is 0 Å². The Labute approximate surface area is 118 Å². The van der Waals surface area contributed by atoms with Gasteiger partial charge in [0.05, 0.1) is 0 Å². The summed E-state index contributed by atoms with van der Waals surface area (Å²) in [5.41, 5.74) is 0. The summed E-state index contributed by atoms with van der Waals surface area (Å²) in [7, 11) is -3.70. The average Bonchev–Trinajstić information content (AvgIpc) is 2.98. The summed E-state index contributed by atoms with van der Waals surface area (Å²) in [4.78, 5) is 10.7. The topological polar surface area (TPSA) is 96.6 Å². The van der Waals surface area contributed by atoms with Gasteiger partial charge < -0.3 is 9.52 Å². The molecule has 0 unspecified atom stereocenters. The molecule has 0 radical (unpaired) electrons. The maximum absolute atomic E-state index is 12.1. The van der Waals surface area contributed by atoms with Gasteiger partial charge in [-0.05, 0) is 19.3 Å². The molecule has 0 amide bonds. The first-order valence-corrected chi connectivity index (χ1v) is 8.22. The van der Waals surface area contributed by atoms with Crippen LogP contribution in [0.3, 0.4) is 0 Å². The largest absolute Gasteiger partial charge is 0.475 e. The Morgan fingerprint density at radius 1 is 1.45 bits per heavy atom. The third-order valence-electron chi connectivity index (χ3n) is 3.69. The Morgan fingerprint density at radius 3 is 2.65 bits per heavy atom. The molecule has 1 aromatic heterocycles. The van der Waals surface area contributed by atoms with Gasteiger partial charge in [0.2, 0.25) is 15.8 Å². The highest BCUT2D eigenvalue weighted by Crippen LogP contribution is 2.27. The van der Waals surface area contributed by atoms with Crippen LogP contribution in [0.1, 0.15) is 48.4 Å². The number of aromatic carboxylic acids is 1. The molecule has 1 aliphatic carbocycles. The van der Waals surface area contributed by atoms with Gasteiger partial charge >= 0.3 is 5.97 Å². The molecule has 2 rings (SSSR count). The summed E-state index contributed by atoms with van der Waals surface area (Å²) in [5, 5.41) is 8.80. The van der Waals surface area contributed by atoms with Crippen molar-refractivity contribution >= 4 is 16.0 Å². The molecule has 0 bridgehead atoms. The quantitative estimate of drug-likeness (QED) is 0.839. The van der Waals surface area contributed by atoms with Crippen LogP contribution in [-0.2, 0) is 10.0 Å². The Hall–Kier alpha value is -1.34. The van der Waals surface area contributed by atoms with Crippen molar-refractivity contribution in [1.29, 1.82) is 0 Å². The van der Waals surface area contributed by atoms with E-state index in [-0.39, 0.29) is 16.4 Å². The molecule has 0 atom stereocenters. The van der Waals surface area contributed by atoms with Crippen molar-refractivity contribution in [2.24, 2.45) is 5.92 Å². The zero-order valence-corrected chi connectivity index (χ0v) is 12.2. The Bertz CT molecular complexity index is 584. The van der Waals surface area contributed by atoms with Gasteiger partial charge in [0, 0.05) is 12.6 Å². The van der Waals surface area contributed by atoms with E-state index in [1.807, 2.05) is 0 Å². The Balaban J connectivity index is 2.00. The van der Waals surface area contributed by atoms with Crippen LogP contribution >= 0.6 is 0 Å². The van der Waals surface area contributed by atoms with Gasteiger partial charge in [-0.25, -0.2) is 17.9 Å². The van der Waals surface area contributed by atoms with Crippen molar-refractivity contribution in [3.8, 4) is 0 Å². The van der Waals surface area contributed by atoms with Gasteiger partial charge in [0.25, 0.3) is 0 Å². The van der Waals surface area contributed by atoms with Crippen LogP contribution in [0.15, 0.2) is 15.4 Å². The van der Waals surface area contributed by atoms with Gasteiger partial charge in [-0.1, -0.05) is 25.7 Å². The lowest BCUT2D eigenvalue weighted by Gasteiger charge is -2.09. The van der Waals surface area contributed by atoms with Crippen molar-refractivity contribution in [3.63, 3.8) is 0 Å². The van der Waals surface area contributed by atoms with Crippen LogP contribution < -0.4 is 4.72 Å². The minimum Gasteiger partial charge on any atom is -0.475 e. The maximum atomic E-state index is 12.1. The van der Waals surface area contributed by atoms with Gasteiger partial charge in [0.15, 0.2) is 0 Å². The number of carbonyl (C=O) groups is 1. The average molecular weight is 301 g/mol. The molecule has 7 heteroatoms. The lowest BCUT2D eigenvalue weighted by molar-refractivity contribution is 0.0661. The fraction of sp³-hybridized carbons (Fsp3) is 0.615. The molecular weight excluding hydrogens is 282 g/mol. The molecule has 20 heavy (non-hydrogen) atoms. The van der Waals surface area contributed by atoms with Crippen molar-refractivity contribution in [2.45, 2.75) is 43.9 Å². The molecule has 1 aromatic rings. The number of carboxylic acids is 1. The van der Waals surface area contributed by atoms with Crippen molar-refractivity contribution < 1.29 is 22.7 Å². The van der Waals surface area contributed by atoms with Crippen LogP contribution in [-0.4, -0.2) is 26.0 Å². The highest BCUT2D eigenvalue weighted by atomic mass is 32.2. The first kappa shape index (κ1) is 15.1. The molecule has 2 N–H and O–H groups in total. The SMILES string of the molecule is Cc1oc(C(=O)O)cc1S(=O)(=O)NCCC1CCCC1. The lowest BCUT2D eigenvalue weighted by Crippen LogP contribution is -2.26. The van der Waals surface area contributed by atoms with E-state index in [0.29, 0.717) is 12.5 Å². The van der Waals surface area contributed by atoms with Gasteiger partial charge in [0.1, 0.15) is 10.7 Å². The highest BCUT2D eigenvalue weighted by Gasteiger charge is 2.24.